The van der Waals surface area contributed by atoms with Crippen molar-refractivity contribution in [2.24, 2.45) is 17.8 Å². The number of hydrogen-bond donors (Lipinski definition) is 2. The van der Waals surface area contributed by atoms with Gasteiger partial charge in [-0.25, -0.2) is 9.49 Å². The maximum atomic E-state index is 15.5. The normalized spacial score (nSPS) is 20.1. The lowest BCUT2D eigenvalue weighted by Crippen LogP contribution is -2.18. The molecule has 2 aliphatic rings. The van der Waals surface area contributed by atoms with E-state index in [4.69, 9.17) is 9.47 Å². The molecule has 0 spiro atoms. The van der Waals surface area contributed by atoms with Crippen LogP contribution in [-0.2, 0) is 4.79 Å². The van der Waals surface area contributed by atoms with E-state index in [0.29, 0.717) is 51.5 Å². The molecule has 2 aliphatic carbocycles. The van der Waals surface area contributed by atoms with Gasteiger partial charge in [0.15, 0.2) is 17.3 Å². The van der Waals surface area contributed by atoms with Crippen LogP contribution < -0.4 is 14.8 Å². The van der Waals surface area contributed by atoms with Crippen molar-refractivity contribution in [3.05, 3.63) is 36.1 Å². The molecule has 0 aliphatic heterocycles. The number of anilines is 1. The quantitative estimate of drug-likeness (QED) is 0.517. The van der Waals surface area contributed by atoms with E-state index in [1.807, 2.05) is 0 Å². The maximum Gasteiger partial charge on any atom is 0.227 e. The van der Waals surface area contributed by atoms with Crippen LogP contribution in [0, 0.1) is 23.6 Å². The van der Waals surface area contributed by atoms with E-state index >= 15 is 4.39 Å². The number of aromatic amines is 1. The van der Waals surface area contributed by atoms with E-state index in [9.17, 15) is 4.79 Å². The summed E-state index contributed by atoms with van der Waals surface area (Å²) in [5.74, 6) is 1.86. The molecule has 0 radical (unpaired) electrons. The van der Waals surface area contributed by atoms with E-state index in [1.165, 1.54) is 45.3 Å². The molecule has 1 heterocycles. The molecule has 178 valence electrons. The van der Waals surface area contributed by atoms with Crippen LogP contribution in [-0.4, -0.2) is 40.8 Å². The second-order valence-corrected chi connectivity index (χ2v) is 9.09. The number of methoxy groups -OCH3 is 2. The van der Waals surface area contributed by atoms with Crippen LogP contribution in [0.4, 0.5) is 10.1 Å². The van der Waals surface area contributed by atoms with Crippen molar-refractivity contribution in [2.45, 2.75) is 38.5 Å². The van der Waals surface area contributed by atoms with Gasteiger partial charge in [-0.1, -0.05) is 38.2 Å². The van der Waals surface area contributed by atoms with Gasteiger partial charge in [-0.2, -0.15) is 0 Å². The van der Waals surface area contributed by atoms with Crippen molar-refractivity contribution in [3.8, 4) is 34.0 Å². The first kappa shape index (κ1) is 22.3. The summed E-state index contributed by atoms with van der Waals surface area (Å²) in [6, 6.07) is 8.19. The third kappa shape index (κ3) is 4.34. The van der Waals surface area contributed by atoms with Crippen molar-refractivity contribution in [2.75, 3.05) is 19.5 Å². The molecular weight excluding hydrogens is 437 g/mol. The minimum atomic E-state index is -0.504. The first-order chi connectivity index (χ1) is 16.6. The van der Waals surface area contributed by atoms with Crippen LogP contribution in [0.15, 0.2) is 30.3 Å². The Morgan fingerprint density at radius 1 is 1.09 bits per heavy atom. The Bertz CT molecular complexity index is 1180. The third-order valence-corrected chi connectivity index (χ3v) is 7.06. The number of tetrazole rings is 1. The molecule has 5 rings (SSSR count). The highest BCUT2D eigenvalue weighted by Crippen LogP contribution is 2.50. The van der Waals surface area contributed by atoms with E-state index in [2.05, 4.69) is 25.9 Å². The lowest BCUT2D eigenvalue weighted by Gasteiger charge is -2.21. The summed E-state index contributed by atoms with van der Waals surface area (Å²) < 4.78 is 26.2. The predicted molar refractivity (Wildman–Crippen MR) is 125 cm³/mol. The van der Waals surface area contributed by atoms with Crippen molar-refractivity contribution in [1.29, 1.82) is 0 Å². The van der Waals surface area contributed by atoms with Crippen molar-refractivity contribution in [1.82, 2.24) is 20.6 Å². The number of amides is 1. The third-order valence-electron chi connectivity index (χ3n) is 7.06. The standard InChI is InChI=1S/C25H28FN5O3/c1-33-21-9-8-15(10-22(21)34-2)23-19(24-28-30-31-29-24)11-16(12-20(23)26)27-25(32)18-13-17(18)14-6-4-3-5-7-14/h8-12,14,17-18H,3-7,13H2,1-2H3,(H,27,32)(H,28,29,30,31)/t17-,18+/m0/s1. The zero-order valence-corrected chi connectivity index (χ0v) is 19.3. The number of aromatic nitrogens is 4. The summed E-state index contributed by atoms with van der Waals surface area (Å²) >= 11 is 0. The van der Waals surface area contributed by atoms with Crippen LogP contribution >= 0.6 is 0 Å². The molecule has 2 aromatic carbocycles. The number of carbonyl (C=O) groups excluding carboxylic acids is 1. The molecule has 2 atom stereocenters. The van der Waals surface area contributed by atoms with E-state index in [-0.39, 0.29) is 11.8 Å². The number of halogens is 1. The van der Waals surface area contributed by atoms with Gasteiger partial charge in [-0.05, 0) is 58.5 Å². The minimum absolute atomic E-state index is 0.00656. The Labute approximate surface area is 197 Å². The first-order valence-electron chi connectivity index (χ1n) is 11.7. The monoisotopic (exact) mass is 465 g/mol. The topological polar surface area (TPSA) is 102 Å². The minimum Gasteiger partial charge on any atom is -0.493 e. The second-order valence-electron chi connectivity index (χ2n) is 9.09. The van der Waals surface area contributed by atoms with E-state index < -0.39 is 5.82 Å². The highest BCUT2D eigenvalue weighted by atomic mass is 19.1. The van der Waals surface area contributed by atoms with Gasteiger partial charge < -0.3 is 14.8 Å². The lowest BCUT2D eigenvalue weighted by molar-refractivity contribution is -0.117. The fraction of sp³-hybridized carbons (Fsp3) is 0.440. The zero-order chi connectivity index (χ0) is 23.7. The van der Waals surface area contributed by atoms with Gasteiger partial charge in [0.2, 0.25) is 5.91 Å². The molecule has 2 N–H and O–H groups in total. The molecule has 0 bridgehead atoms. The molecule has 2 fully saturated rings. The van der Waals surface area contributed by atoms with E-state index in [1.54, 1.807) is 31.4 Å². The molecule has 0 saturated heterocycles. The smallest absolute Gasteiger partial charge is 0.227 e. The summed E-state index contributed by atoms with van der Waals surface area (Å²) in [5, 5.41) is 16.9. The average molecular weight is 466 g/mol. The number of rotatable bonds is 7. The summed E-state index contributed by atoms with van der Waals surface area (Å²) in [6.45, 7) is 0. The van der Waals surface area contributed by atoms with Gasteiger partial charge in [0.1, 0.15) is 5.82 Å². The molecule has 3 aromatic rings. The number of carbonyl (C=O) groups is 1. The molecule has 8 nitrogen and oxygen atoms in total. The number of ether oxygens (including phenoxy) is 2. The molecule has 9 heteroatoms. The average Bonchev–Trinajstić information content (AvgIpc) is 3.48. The number of H-pyrrole nitrogens is 1. The Kier molecular flexibility index (Phi) is 6.17. The van der Waals surface area contributed by atoms with Crippen LogP contribution in [0.2, 0.25) is 0 Å². The Balaban J connectivity index is 1.44. The Morgan fingerprint density at radius 2 is 1.88 bits per heavy atom. The van der Waals surface area contributed by atoms with Crippen LogP contribution in [0.25, 0.3) is 22.5 Å². The molecule has 1 amide bonds. The van der Waals surface area contributed by atoms with Gasteiger partial charge >= 0.3 is 0 Å². The fourth-order valence-corrected chi connectivity index (χ4v) is 5.26. The highest BCUT2D eigenvalue weighted by Gasteiger charge is 2.47. The summed E-state index contributed by atoms with van der Waals surface area (Å²) in [7, 11) is 3.07. The number of hydrogen-bond acceptors (Lipinski definition) is 6. The first-order valence-corrected chi connectivity index (χ1v) is 11.7. The zero-order valence-electron chi connectivity index (χ0n) is 19.3. The molecule has 34 heavy (non-hydrogen) atoms. The van der Waals surface area contributed by atoms with Crippen LogP contribution in [0.3, 0.4) is 0 Å². The number of nitrogens with zero attached hydrogens (tertiary/aromatic N) is 3. The molecule has 1 aromatic heterocycles. The van der Waals surface area contributed by atoms with Gasteiger partial charge in [-0.3, -0.25) is 4.79 Å². The molecule has 0 unspecified atom stereocenters. The van der Waals surface area contributed by atoms with Crippen molar-refractivity contribution < 1.29 is 18.7 Å². The Hall–Kier alpha value is -3.49. The van der Waals surface area contributed by atoms with Gasteiger partial charge in [-0.15, -0.1) is 5.10 Å². The largest absolute Gasteiger partial charge is 0.493 e. The predicted octanol–water partition coefficient (Wildman–Crippen LogP) is 4.84. The van der Waals surface area contributed by atoms with Gasteiger partial charge in [0.05, 0.1) is 14.2 Å². The maximum absolute atomic E-state index is 15.5. The highest BCUT2D eigenvalue weighted by molar-refractivity contribution is 5.96. The summed E-state index contributed by atoms with van der Waals surface area (Å²) in [6.07, 6.45) is 7.16. The van der Waals surface area contributed by atoms with Gasteiger partial charge in [0, 0.05) is 22.7 Å². The van der Waals surface area contributed by atoms with Crippen LogP contribution in [0.5, 0.6) is 11.5 Å². The van der Waals surface area contributed by atoms with Crippen LogP contribution in [0.1, 0.15) is 38.5 Å². The molecular formula is C25H28FN5O3. The SMILES string of the molecule is COc1ccc(-c2c(F)cc(NC(=O)[C@@H]3C[C@H]3C3CCCCC3)cc2-c2nnn[nH]2)cc1OC. The number of nitrogens with one attached hydrogen (secondary N) is 2. The van der Waals surface area contributed by atoms with Crippen molar-refractivity contribution >= 4 is 11.6 Å². The number of benzene rings is 2. The molecule has 2 saturated carbocycles. The fourth-order valence-electron chi connectivity index (χ4n) is 5.26. The van der Waals surface area contributed by atoms with Gasteiger partial charge in [0.25, 0.3) is 0 Å². The Morgan fingerprint density at radius 3 is 2.59 bits per heavy atom. The summed E-state index contributed by atoms with van der Waals surface area (Å²) in [5.41, 5.74) is 1.68. The second kappa shape index (κ2) is 9.40. The lowest BCUT2D eigenvalue weighted by atomic mass is 9.85. The van der Waals surface area contributed by atoms with E-state index in [0.717, 1.165) is 6.42 Å². The van der Waals surface area contributed by atoms with Crippen molar-refractivity contribution in [3.63, 3.8) is 0 Å². The summed E-state index contributed by atoms with van der Waals surface area (Å²) in [4.78, 5) is 12.9.